The zero-order chi connectivity index (χ0) is 38.0. The average molecular weight is 730 g/mol. The van der Waals surface area contributed by atoms with Crippen molar-refractivity contribution >= 4 is 34.9 Å². The molecule has 2 aromatic carbocycles. The number of likely N-dealkylation sites (tertiary alicyclic amines) is 2. The molecule has 5 aliphatic rings. The Kier molecular flexibility index (Phi) is 9.30. The number of carbonyl (C=O) groups is 4. The SMILES string of the molecule is CC(=O)N[C@H](C(=O)N1[C@@H]2C[C@@H]2C[C@H]1C1=NC=C(c2ccc(-c3ccc(-c4cnc([C@@H]5C[C@H]6C[C@H]6N5C(=O)[C@@H](NC(C)=O)C(C)C)[nH]4)cc3)cc2)C1)C(C)C. The standard InChI is InChI=1S/C43H51N7O4/c1-22(2)39(46-24(5)51)42(53)49-35-16-30(35)18-37(49)33-15-32(20-44-33)28-9-7-26(8-10-28)27-11-13-29(14-12-27)34-21-45-41(48-34)38-19-31-17-36(31)50(38)43(54)40(23(3)4)47-25(6)52/h7-14,20-23,30-31,35-40H,15-19H2,1-6H3,(H,45,48)(H,46,51)(H,47,52)/t30-,31-,35-,36-,37+,38+,39+,40+/m1/s1. The highest BCUT2D eigenvalue weighted by Crippen LogP contribution is 2.53. The number of carbonyl (C=O) groups excluding carboxylic acids is 4. The zero-order valence-corrected chi connectivity index (χ0v) is 32.0. The monoisotopic (exact) mass is 729 g/mol. The molecule has 3 aliphatic heterocycles. The van der Waals surface area contributed by atoms with Gasteiger partial charge in [-0.1, -0.05) is 76.2 Å². The third kappa shape index (κ3) is 6.77. The van der Waals surface area contributed by atoms with Crippen molar-refractivity contribution in [3.63, 3.8) is 0 Å². The normalized spacial score (nSPS) is 26.2. The number of aliphatic imine (C=N–C) groups is 1. The quantitative estimate of drug-likeness (QED) is 0.226. The van der Waals surface area contributed by atoms with Crippen molar-refractivity contribution < 1.29 is 19.2 Å². The number of rotatable bonds is 11. The Balaban J connectivity index is 0.907. The van der Waals surface area contributed by atoms with Crippen LogP contribution in [-0.2, 0) is 19.2 Å². The van der Waals surface area contributed by atoms with Gasteiger partial charge in [-0.3, -0.25) is 24.2 Å². The van der Waals surface area contributed by atoms with Crippen LogP contribution in [0.25, 0.3) is 28.0 Å². The first-order chi connectivity index (χ1) is 25.9. The van der Waals surface area contributed by atoms with Crippen LogP contribution in [0.2, 0.25) is 0 Å². The lowest BCUT2D eigenvalue weighted by Gasteiger charge is -2.33. The highest BCUT2D eigenvalue weighted by molar-refractivity contribution is 6.04. The molecule has 2 saturated heterocycles. The number of imidazole rings is 1. The highest BCUT2D eigenvalue weighted by atomic mass is 16.2. The number of aromatic amines is 1. The van der Waals surface area contributed by atoms with Gasteiger partial charge in [0.25, 0.3) is 0 Å². The molecule has 11 heteroatoms. The summed E-state index contributed by atoms with van der Waals surface area (Å²) < 4.78 is 0. The maximum absolute atomic E-state index is 13.7. The molecule has 2 saturated carbocycles. The molecule has 4 fully saturated rings. The van der Waals surface area contributed by atoms with Gasteiger partial charge >= 0.3 is 0 Å². The topological polar surface area (TPSA) is 140 Å². The third-order valence-electron chi connectivity index (χ3n) is 12.1. The Hall–Kier alpha value is -5.06. The molecular formula is C43H51N7O4. The number of aromatic nitrogens is 2. The van der Waals surface area contributed by atoms with E-state index in [2.05, 4.69) is 64.1 Å². The van der Waals surface area contributed by atoms with Crippen molar-refractivity contribution in [1.82, 2.24) is 30.4 Å². The van der Waals surface area contributed by atoms with E-state index in [4.69, 9.17) is 9.98 Å². The second-order valence-electron chi connectivity index (χ2n) is 16.8. The van der Waals surface area contributed by atoms with E-state index in [1.165, 1.54) is 13.8 Å². The predicted octanol–water partition coefficient (Wildman–Crippen LogP) is 5.90. The van der Waals surface area contributed by atoms with Gasteiger partial charge in [-0.05, 0) is 77.2 Å². The molecule has 2 aliphatic carbocycles. The Morgan fingerprint density at radius 2 is 1.17 bits per heavy atom. The lowest BCUT2D eigenvalue weighted by molar-refractivity contribution is -0.139. The van der Waals surface area contributed by atoms with Gasteiger partial charge in [0, 0.05) is 44.3 Å². The fourth-order valence-electron chi connectivity index (χ4n) is 9.07. The number of fused-ring (bicyclic) bond motifs is 2. The van der Waals surface area contributed by atoms with E-state index < -0.39 is 12.1 Å². The van der Waals surface area contributed by atoms with E-state index in [9.17, 15) is 19.2 Å². The molecule has 8 atom stereocenters. The molecule has 54 heavy (non-hydrogen) atoms. The van der Waals surface area contributed by atoms with Gasteiger partial charge in [-0.2, -0.15) is 0 Å². The first kappa shape index (κ1) is 35.9. The Bertz CT molecular complexity index is 2030. The summed E-state index contributed by atoms with van der Waals surface area (Å²) in [7, 11) is 0. The Labute approximate surface area is 317 Å². The van der Waals surface area contributed by atoms with Crippen LogP contribution in [-0.4, -0.2) is 79.3 Å². The van der Waals surface area contributed by atoms with Gasteiger partial charge in [0.2, 0.25) is 23.6 Å². The molecule has 1 aromatic heterocycles. The summed E-state index contributed by atoms with van der Waals surface area (Å²) in [6.07, 6.45) is 8.38. The molecule has 0 spiro atoms. The maximum atomic E-state index is 13.7. The van der Waals surface area contributed by atoms with Crippen LogP contribution in [0.3, 0.4) is 0 Å². The van der Waals surface area contributed by atoms with Crippen molar-refractivity contribution in [3.05, 3.63) is 72.3 Å². The number of piperidine rings is 2. The lowest BCUT2D eigenvalue weighted by atomic mass is 9.95. The Morgan fingerprint density at radius 1 is 0.685 bits per heavy atom. The fraction of sp³-hybridized carbons (Fsp3) is 0.488. The van der Waals surface area contributed by atoms with Crippen LogP contribution in [0.5, 0.6) is 0 Å². The van der Waals surface area contributed by atoms with E-state index in [-0.39, 0.29) is 59.6 Å². The number of nitrogens with one attached hydrogen (secondary N) is 3. The second-order valence-corrected chi connectivity index (χ2v) is 16.8. The van der Waals surface area contributed by atoms with E-state index in [1.54, 1.807) is 0 Å². The van der Waals surface area contributed by atoms with Crippen LogP contribution in [0.15, 0.2) is 65.9 Å². The van der Waals surface area contributed by atoms with Gasteiger partial charge in [0.1, 0.15) is 17.9 Å². The molecule has 0 radical (unpaired) electrons. The molecular weight excluding hydrogens is 679 g/mol. The molecule has 3 N–H and O–H groups in total. The number of benzene rings is 2. The van der Waals surface area contributed by atoms with Crippen molar-refractivity contribution in [2.75, 3.05) is 0 Å². The smallest absolute Gasteiger partial charge is 0.246 e. The van der Waals surface area contributed by atoms with Crippen LogP contribution in [0.1, 0.15) is 91.1 Å². The van der Waals surface area contributed by atoms with Crippen LogP contribution in [0, 0.1) is 23.7 Å². The highest BCUT2D eigenvalue weighted by Gasteiger charge is 2.57. The van der Waals surface area contributed by atoms with E-state index in [1.807, 2.05) is 49.9 Å². The number of hydrogen-bond donors (Lipinski definition) is 3. The zero-order valence-electron chi connectivity index (χ0n) is 32.0. The Morgan fingerprint density at radius 3 is 1.69 bits per heavy atom. The van der Waals surface area contributed by atoms with E-state index in [0.29, 0.717) is 18.3 Å². The van der Waals surface area contributed by atoms with Gasteiger partial charge < -0.3 is 25.4 Å². The van der Waals surface area contributed by atoms with Gasteiger partial charge in [-0.25, -0.2) is 4.98 Å². The summed E-state index contributed by atoms with van der Waals surface area (Å²) in [5, 5.41) is 5.76. The third-order valence-corrected chi connectivity index (χ3v) is 12.1. The van der Waals surface area contributed by atoms with E-state index in [0.717, 1.165) is 70.7 Å². The number of amides is 4. The van der Waals surface area contributed by atoms with Crippen molar-refractivity contribution in [2.24, 2.45) is 28.7 Å². The molecule has 11 nitrogen and oxygen atoms in total. The van der Waals surface area contributed by atoms with Crippen molar-refractivity contribution in [3.8, 4) is 22.4 Å². The van der Waals surface area contributed by atoms with Crippen molar-refractivity contribution in [2.45, 2.75) is 110 Å². The summed E-state index contributed by atoms with van der Waals surface area (Å²) in [6.45, 7) is 10.8. The second kappa shape index (κ2) is 14.0. The first-order valence-electron chi connectivity index (χ1n) is 19.6. The molecule has 4 heterocycles. The molecule has 0 unspecified atom stereocenters. The van der Waals surface area contributed by atoms with E-state index >= 15 is 0 Å². The average Bonchev–Trinajstić information content (AvgIpc) is 3.74. The molecule has 282 valence electrons. The molecule has 4 amide bonds. The predicted molar refractivity (Wildman–Crippen MR) is 208 cm³/mol. The number of hydrogen-bond acceptors (Lipinski definition) is 6. The minimum absolute atomic E-state index is 0.00497. The minimum atomic E-state index is -0.549. The van der Waals surface area contributed by atoms with Crippen molar-refractivity contribution in [1.29, 1.82) is 0 Å². The van der Waals surface area contributed by atoms with Crippen LogP contribution < -0.4 is 10.6 Å². The van der Waals surface area contributed by atoms with Gasteiger partial charge in [0.15, 0.2) is 0 Å². The molecule has 0 bridgehead atoms. The fourth-order valence-corrected chi connectivity index (χ4v) is 9.07. The van der Waals surface area contributed by atoms with Crippen LogP contribution in [0.4, 0.5) is 0 Å². The summed E-state index contributed by atoms with van der Waals surface area (Å²) in [6, 6.07) is 16.2. The molecule has 3 aromatic rings. The molecule has 8 rings (SSSR count). The summed E-state index contributed by atoms with van der Waals surface area (Å²) in [4.78, 5) is 68.3. The minimum Gasteiger partial charge on any atom is -0.344 e. The summed E-state index contributed by atoms with van der Waals surface area (Å²) in [5.41, 5.74) is 7.43. The number of allylic oxidation sites excluding steroid dienone is 1. The first-order valence-corrected chi connectivity index (χ1v) is 19.6. The summed E-state index contributed by atoms with van der Waals surface area (Å²) >= 11 is 0. The van der Waals surface area contributed by atoms with Gasteiger partial charge in [-0.15, -0.1) is 0 Å². The largest absolute Gasteiger partial charge is 0.344 e. The number of nitrogens with zero attached hydrogens (tertiary/aromatic N) is 4. The number of H-pyrrole nitrogens is 1. The van der Waals surface area contributed by atoms with Gasteiger partial charge in [0.05, 0.1) is 24.0 Å². The lowest BCUT2D eigenvalue weighted by Crippen LogP contribution is -2.54. The summed E-state index contributed by atoms with van der Waals surface area (Å²) in [5.74, 6) is 1.40. The van der Waals surface area contributed by atoms with Crippen LogP contribution >= 0.6 is 0 Å². The maximum Gasteiger partial charge on any atom is 0.246 e.